The monoisotopic (exact) mass is 607 g/mol. The number of carbonyl (C=O) groups is 2. The lowest BCUT2D eigenvalue weighted by atomic mass is 9.95. The molecular formula is C25H29Cl4N3O4S. The second-order valence-corrected chi connectivity index (χ2v) is 12.7. The molecule has 1 N–H and O–H groups in total. The molecular weight excluding hydrogens is 580 g/mol. The van der Waals surface area contributed by atoms with Gasteiger partial charge in [-0.2, -0.15) is 0 Å². The summed E-state index contributed by atoms with van der Waals surface area (Å²) in [6.45, 7) is 1.10. The van der Waals surface area contributed by atoms with Crippen molar-refractivity contribution in [1.82, 2.24) is 10.2 Å². The zero-order valence-corrected chi connectivity index (χ0v) is 24.4. The zero-order valence-electron chi connectivity index (χ0n) is 20.5. The molecule has 2 aromatic rings. The number of carbonyl (C=O) groups excluding carboxylic acids is 2. The lowest BCUT2D eigenvalue weighted by Gasteiger charge is -2.33. The van der Waals surface area contributed by atoms with Crippen molar-refractivity contribution in [1.29, 1.82) is 0 Å². The van der Waals surface area contributed by atoms with Gasteiger partial charge in [0.15, 0.2) is 0 Å². The lowest BCUT2D eigenvalue weighted by Crippen LogP contribution is -2.52. The van der Waals surface area contributed by atoms with E-state index in [4.69, 9.17) is 46.4 Å². The van der Waals surface area contributed by atoms with E-state index in [-0.39, 0.29) is 34.2 Å². The van der Waals surface area contributed by atoms with Gasteiger partial charge in [0.2, 0.25) is 21.8 Å². The molecule has 0 radical (unpaired) electrons. The number of halogens is 4. The van der Waals surface area contributed by atoms with Crippen molar-refractivity contribution in [3.8, 4) is 0 Å². The van der Waals surface area contributed by atoms with Crippen LogP contribution < -0.4 is 9.62 Å². The average Bonchev–Trinajstić information content (AvgIpc) is 2.84. The second-order valence-electron chi connectivity index (χ2n) is 9.16. The van der Waals surface area contributed by atoms with E-state index in [1.807, 2.05) is 0 Å². The van der Waals surface area contributed by atoms with Gasteiger partial charge in [0.1, 0.15) is 12.6 Å². The van der Waals surface area contributed by atoms with Crippen molar-refractivity contribution < 1.29 is 18.0 Å². The Morgan fingerprint density at radius 2 is 1.54 bits per heavy atom. The van der Waals surface area contributed by atoms with Crippen LogP contribution in [0.4, 0.5) is 5.69 Å². The molecule has 0 bridgehead atoms. The van der Waals surface area contributed by atoms with E-state index in [0.29, 0.717) is 15.6 Å². The van der Waals surface area contributed by atoms with Gasteiger partial charge in [0.25, 0.3) is 0 Å². The molecule has 1 fully saturated rings. The smallest absolute Gasteiger partial charge is 0.244 e. The summed E-state index contributed by atoms with van der Waals surface area (Å²) in [6.07, 6.45) is 5.98. The fourth-order valence-electron chi connectivity index (χ4n) is 4.24. The summed E-state index contributed by atoms with van der Waals surface area (Å²) in [5.41, 5.74) is 0.819. The first-order valence-electron chi connectivity index (χ1n) is 11.8. The molecule has 0 saturated heterocycles. The molecule has 3 rings (SSSR count). The number of rotatable bonds is 9. The number of hydrogen-bond acceptors (Lipinski definition) is 4. The first-order valence-corrected chi connectivity index (χ1v) is 15.2. The minimum atomic E-state index is -3.88. The normalized spacial score (nSPS) is 15.2. The van der Waals surface area contributed by atoms with Crippen LogP contribution >= 0.6 is 46.4 Å². The van der Waals surface area contributed by atoms with Crippen LogP contribution in [-0.4, -0.2) is 50.0 Å². The summed E-state index contributed by atoms with van der Waals surface area (Å²) in [5, 5.41) is 4.10. The highest BCUT2D eigenvalue weighted by atomic mass is 35.5. The van der Waals surface area contributed by atoms with Crippen LogP contribution in [0.1, 0.15) is 44.6 Å². The average molecular weight is 609 g/mol. The second kappa shape index (κ2) is 12.9. The maximum atomic E-state index is 13.6. The Morgan fingerprint density at radius 1 is 0.946 bits per heavy atom. The summed E-state index contributed by atoms with van der Waals surface area (Å²) in [6, 6.07) is 8.39. The number of sulfonamides is 1. The first kappa shape index (κ1) is 29.8. The van der Waals surface area contributed by atoms with E-state index < -0.39 is 28.5 Å². The maximum Gasteiger partial charge on any atom is 0.244 e. The van der Waals surface area contributed by atoms with Crippen LogP contribution in [0.5, 0.6) is 0 Å². The molecule has 0 spiro atoms. The van der Waals surface area contributed by atoms with E-state index in [1.54, 1.807) is 25.1 Å². The Bertz CT molecular complexity index is 1250. The number of nitrogens with one attached hydrogen (secondary N) is 1. The minimum absolute atomic E-state index is 0.0218. The predicted molar refractivity (Wildman–Crippen MR) is 150 cm³/mol. The predicted octanol–water partition coefficient (Wildman–Crippen LogP) is 5.93. The van der Waals surface area contributed by atoms with E-state index in [2.05, 4.69) is 5.32 Å². The Balaban J connectivity index is 1.90. The van der Waals surface area contributed by atoms with Gasteiger partial charge in [-0.1, -0.05) is 71.7 Å². The van der Waals surface area contributed by atoms with Crippen LogP contribution in [-0.2, 0) is 26.2 Å². The van der Waals surface area contributed by atoms with Gasteiger partial charge in [-0.05, 0) is 55.7 Å². The summed E-state index contributed by atoms with van der Waals surface area (Å²) < 4.78 is 26.3. The molecule has 0 aromatic heterocycles. The maximum absolute atomic E-state index is 13.6. The largest absolute Gasteiger partial charge is 0.352 e. The summed E-state index contributed by atoms with van der Waals surface area (Å²) in [5.74, 6) is -0.880. The molecule has 0 aliphatic heterocycles. The Kier molecular flexibility index (Phi) is 10.4. The van der Waals surface area contributed by atoms with Crippen molar-refractivity contribution in [3.05, 3.63) is 62.1 Å². The van der Waals surface area contributed by atoms with Crippen LogP contribution in [0.25, 0.3) is 0 Å². The highest BCUT2D eigenvalue weighted by Crippen LogP contribution is 2.29. The molecule has 1 atom stereocenters. The van der Waals surface area contributed by atoms with E-state index in [1.165, 1.54) is 23.1 Å². The molecule has 1 aliphatic rings. The minimum Gasteiger partial charge on any atom is -0.352 e. The molecule has 0 heterocycles. The summed E-state index contributed by atoms with van der Waals surface area (Å²) in [7, 11) is -3.88. The summed E-state index contributed by atoms with van der Waals surface area (Å²) >= 11 is 24.3. The van der Waals surface area contributed by atoms with Gasteiger partial charge in [0.05, 0.1) is 32.0 Å². The van der Waals surface area contributed by atoms with Gasteiger partial charge in [-0.3, -0.25) is 13.9 Å². The van der Waals surface area contributed by atoms with Crippen LogP contribution in [0.15, 0.2) is 36.4 Å². The van der Waals surface area contributed by atoms with Gasteiger partial charge in [-0.25, -0.2) is 8.42 Å². The quantitative estimate of drug-likeness (QED) is 0.382. The summed E-state index contributed by atoms with van der Waals surface area (Å²) in [4.78, 5) is 28.2. The Morgan fingerprint density at radius 3 is 2.11 bits per heavy atom. The van der Waals surface area contributed by atoms with Gasteiger partial charge >= 0.3 is 0 Å². The number of nitrogens with zero attached hydrogens (tertiary/aromatic N) is 2. The van der Waals surface area contributed by atoms with Crippen LogP contribution in [0, 0.1) is 0 Å². The molecule has 7 nitrogen and oxygen atoms in total. The molecule has 37 heavy (non-hydrogen) atoms. The van der Waals surface area contributed by atoms with Crippen molar-refractivity contribution in [2.75, 3.05) is 17.1 Å². The number of benzene rings is 2. The van der Waals surface area contributed by atoms with Gasteiger partial charge < -0.3 is 10.2 Å². The van der Waals surface area contributed by atoms with Crippen LogP contribution in [0.2, 0.25) is 20.1 Å². The van der Waals surface area contributed by atoms with Gasteiger partial charge in [-0.15, -0.1) is 0 Å². The fraction of sp³-hybridized carbons (Fsp3) is 0.440. The van der Waals surface area contributed by atoms with Crippen LogP contribution in [0.3, 0.4) is 0 Å². The number of anilines is 1. The number of amides is 2. The third kappa shape index (κ3) is 8.14. The third-order valence-corrected chi connectivity index (χ3v) is 8.94. The SMILES string of the molecule is C[C@@H](C(=O)NC1CCCCC1)N(Cc1ccc(Cl)c(Cl)c1)C(=O)CN(c1ccc(Cl)c(Cl)c1)S(C)(=O)=O. The van der Waals surface area contributed by atoms with E-state index in [0.717, 1.165) is 42.7 Å². The highest BCUT2D eigenvalue weighted by Gasteiger charge is 2.31. The molecule has 2 amide bonds. The standard InChI is InChI=1S/C25H29Cl4N3O4S/c1-16(25(34)30-18-6-4-3-5-7-18)31(14-17-8-10-20(26)22(28)12-17)24(33)15-32(37(2,35)36)19-9-11-21(27)23(29)13-19/h8-13,16,18H,3-7,14-15H2,1-2H3,(H,30,34)/t16-/m0/s1. The third-order valence-electron chi connectivity index (χ3n) is 6.33. The molecule has 12 heteroatoms. The van der Waals surface area contributed by atoms with Crippen molar-refractivity contribution in [2.45, 2.75) is 57.7 Å². The molecule has 1 saturated carbocycles. The topological polar surface area (TPSA) is 86.8 Å². The molecule has 1 aliphatic carbocycles. The first-order chi connectivity index (χ1) is 17.4. The molecule has 2 aromatic carbocycles. The van der Waals surface area contributed by atoms with E-state index >= 15 is 0 Å². The molecule has 202 valence electrons. The van der Waals surface area contributed by atoms with Crippen molar-refractivity contribution in [2.24, 2.45) is 0 Å². The fourth-order valence-corrected chi connectivity index (χ4v) is 5.69. The van der Waals surface area contributed by atoms with Crippen molar-refractivity contribution >= 4 is 73.9 Å². The zero-order chi connectivity index (χ0) is 27.3. The Hall–Kier alpha value is -1.71. The van der Waals surface area contributed by atoms with Gasteiger partial charge in [0, 0.05) is 12.6 Å². The van der Waals surface area contributed by atoms with E-state index in [9.17, 15) is 18.0 Å². The number of hydrogen-bond donors (Lipinski definition) is 1. The Labute approximate surface area is 238 Å². The van der Waals surface area contributed by atoms with Crippen molar-refractivity contribution in [3.63, 3.8) is 0 Å². The molecule has 0 unspecified atom stereocenters. The highest BCUT2D eigenvalue weighted by molar-refractivity contribution is 7.92. The lowest BCUT2D eigenvalue weighted by molar-refractivity contribution is -0.139.